The van der Waals surface area contributed by atoms with Crippen LogP contribution in [0.5, 0.6) is 11.6 Å². The Hall–Kier alpha value is -4.61. The number of imidazole rings is 1. The van der Waals surface area contributed by atoms with Gasteiger partial charge in [0.1, 0.15) is 35.0 Å². The smallest absolute Gasteiger partial charge is 0.335 e. The maximum atomic E-state index is 15.7. The molecule has 4 heterocycles. The second kappa shape index (κ2) is 12.1. The summed E-state index contributed by atoms with van der Waals surface area (Å²) in [5.41, 5.74) is 1.85. The molecular weight excluding hydrogens is 606 g/mol. The number of fused-ring (bicyclic) bond motifs is 1. The van der Waals surface area contributed by atoms with E-state index < -0.39 is 17.6 Å². The van der Waals surface area contributed by atoms with Crippen molar-refractivity contribution in [1.82, 2.24) is 19.5 Å². The fourth-order valence-corrected chi connectivity index (χ4v) is 5.70. The Kier molecular flexibility index (Phi) is 8.15. The highest BCUT2D eigenvalue weighted by Gasteiger charge is 2.39. The largest absolute Gasteiger partial charge is 0.496 e. The molecule has 232 valence electrons. The number of halogens is 3. The van der Waals surface area contributed by atoms with E-state index in [-0.39, 0.29) is 57.9 Å². The third-order valence-corrected chi connectivity index (χ3v) is 8.17. The predicted molar refractivity (Wildman–Crippen MR) is 163 cm³/mol. The topological polar surface area (TPSA) is 109 Å². The molecule has 12 heteroatoms. The number of aromatic nitrogens is 4. The van der Waals surface area contributed by atoms with Gasteiger partial charge in [0.25, 0.3) is 0 Å². The molecule has 45 heavy (non-hydrogen) atoms. The second-order valence-electron chi connectivity index (χ2n) is 11.5. The van der Waals surface area contributed by atoms with Gasteiger partial charge in [0.05, 0.1) is 48.7 Å². The van der Waals surface area contributed by atoms with Crippen molar-refractivity contribution in [3.05, 3.63) is 100 Å². The fourth-order valence-electron chi connectivity index (χ4n) is 5.55. The van der Waals surface area contributed by atoms with Gasteiger partial charge in [-0.1, -0.05) is 31.5 Å². The van der Waals surface area contributed by atoms with Gasteiger partial charge >= 0.3 is 5.97 Å². The van der Waals surface area contributed by atoms with Gasteiger partial charge in [-0.15, -0.1) is 0 Å². The van der Waals surface area contributed by atoms with Gasteiger partial charge < -0.3 is 23.9 Å². The molecule has 6 rings (SSSR count). The lowest BCUT2D eigenvalue weighted by atomic mass is 9.87. The van der Waals surface area contributed by atoms with Crippen molar-refractivity contribution in [2.45, 2.75) is 32.9 Å². The maximum absolute atomic E-state index is 15.7. The number of pyridine rings is 2. The van der Waals surface area contributed by atoms with Crippen LogP contribution in [0.2, 0.25) is 5.15 Å². The van der Waals surface area contributed by atoms with Crippen molar-refractivity contribution < 1.29 is 32.9 Å². The van der Waals surface area contributed by atoms with Crippen LogP contribution in [0.1, 0.15) is 47.2 Å². The van der Waals surface area contributed by atoms with Gasteiger partial charge in [0.2, 0.25) is 5.88 Å². The molecule has 1 fully saturated rings. The van der Waals surface area contributed by atoms with E-state index in [1.54, 1.807) is 36.4 Å². The lowest BCUT2D eigenvalue weighted by Crippen LogP contribution is -2.27. The molecule has 0 unspecified atom stereocenters. The van der Waals surface area contributed by atoms with Crippen molar-refractivity contribution in [3.63, 3.8) is 0 Å². The lowest BCUT2D eigenvalue weighted by Gasteiger charge is -2.28. The summed E-state index contributed by atoms with van der Waals surface area (Å²) in [5.74, 6) is -1.20. The second-order valence-corrected chi connectivity index (χ2v) is 11.9. The quantitative estimate of drug-likeness (QED) is 0.175. The molecule has 2 aromatic carbocycles. The zero-order valence-electron chi connectivity index (χ0n) is 24.7. The van der Waals surface area contributed by atoms with Crippen LogP contribution in [0.3, 0.4) is 0 Å². The minimum absolute atomic E-state index is 0.0275. The molecule has 1 aliphatic heterocycles. The molecule has 9 nitrogen and oxygen atoms in total. The molecule has 0 saturated carbocycles. The van der Waals surface area contributed by atoms with Gasteiger partial charge in [-0.3, -0.25) is 0 Å². The van der Waals surface area contributed by atoms with Crippen LogP contribution in [-0.4, -0.2) is 50.9 Å². The predicted octanol–water partition coefficient (Wildman–Crippen LogP) is 6.90. The first kappa shape index (κ1) is 30.4. The van der Waals surface area contributed by atoms with Crippen molar-refractivity contribution in [2.75, 3.05) is 20.3 Å². The molecule has 5 aromatic rings. The third-order valence-electron chi connectivity index (χ3n) is 7.96. The standard InChI is InChI=1S/C33H29ClF2N4O5/c1-33(2)17-44-16-28(33)40-26-10-18(32(41)42)7-8-25(26)38-30(40)11-19-9-23(36)21(12-22(19)35)24-5-4-6-31(39-24)45-15-20-14-37-29(34)13-27(20)43-3/h4-10,12-14,28H,11,15-17H2,1-3H3,(H,41,42)/t28-/m1/s1. The van der Waals surface area contributed by atoms with Gasteiger partial charge in [0, 0.05) is 41.3 Å². The Labute approximate surface area is 262 Å². The number of methoxy groups -OCH3 is 1. The van der Waals surface area contributed by atoms with E-state index in [2.05, 4.69) is 9.97 Å². The summed E-state index contributed by atoms with van der Waals surface area (Å²) in [6.07, 6.45) is 1.50. The average Bonchev–Trinajstić information content (AvgIpc) is 3.55. The molecule has 1 atom stereocenters. The number of carboxylic acids is 1. The molecule has 0 radical (unpaired) electrons. The Balaban J connectivity index is 1.31. The molecule has 3 aromatic heterocycles. The van der Waals surface area contributed by atoms with Gasteiger partial charge in [0.15, 0.2) is 0 Å². The van der Waals surface area contributed by atoms with Crippen LogP contribution < -0.4 is 9.47 Å². The summed E-state index contributed by atoms with van der Waals surface area (Å²) in [6.45, 7) is 5.03. The Morgan fingerprint density at radius 2 is 1.93 bits per heavy atom. The Morgan fingerprint density at radius 3 is 2.67 bits per heavy atom. The van der Waals surface area contributed by atoms with Crippen LogP contribution in [0, 0.1) is 17.0 Å². The first-order valence-corrected chi connectivity index (χ1v) is 14.5. The Morgan fingerprint density at radius 1 is 1.11 bits per heavy atom. The molecule has 1 N–H and O–H groups in total. The molecule has 0 spiro atoms. The van der Waals surface area contributed by atoms with Crippen LogP contribution in [0.15, 0.2) is 60.8 Å². The van der Waals surface area contributed by atoms with Crippen molar-refractivity contribution >= 4 is 28.6 Å². The number of nitrogens with zero attached hydrogens (tertiary/aromatic N) is 4. The number of carboxylic acid groups (broad SMARTS) is 1. The van der Waals surface area contributed by atoms with Gasteiger partial charge in [-0.25, -0.2) is 28.5 Å². The summed E-state index contributed by atoms with van der Waals surface area (Å²) in [7, 11) is 1.50. The number of aromatic carboxylic acids is 1. The Bertz CT molecular complexity index is 1930. The highest BCUT2D eigenvalue weighted by atomic mass is 35.5. The first-order chi connectivity index (χ1) is 21.5. The van der Waals surface area contributed by atoms with Crippen molar-refractivity contribution in [2.24, 2.45) is 5.41 Å². The van der Waals surface area contributed by atoms with Crippen molar-refractivity contribution in [1.29, 1.82) is 0 Å². The third kappa shape index (κ3) is 6.05. The molecular formula is C33H29ClF2N4O5. The van der Waals surface area contributed by atoms with E-state index in [0.717, 1.165) is 12.1 Å². The summed E-state index contributed by atoms with van der Waals surface area (Å²) in [5, 5.41) is 9.87. The number of rotatable bonds is 9. The highest BCUT2D eigenvalue weighted by molar-refractivity contribution is 6.29. The number of hydrogen-bond acceptors (Lipinski definition) is 7. The molecule has 0 bridgehead atoms. The maximum Gasteiger partial charge on any atom is 0.335 e. The van der Waals surface area contributed by atoms with Crippen LogP contribution >= 0.6 is 11.6 Å². The lowest BCUT2D eigenvalue weighted by molar-refractivity contribution is 0.0697. The molecule has 0 amide bonds. The number of ether oxygens (including phenoxy) is 3. The SMILES string of the molecule is COc1cc(Cl)ncc1COc1cccc(-c2cc(F)c(Cc3nc4ccc(C(=O)O)cc4n3[C@@H]3COCC3(C)C)cc2F)n1. The summed E-state index contributed by atoms with van der Waals surface area (Å²) in [4.78, 5) is 24.9. The minimum Gasteiger partial charge on any atom is -0.496 e. The zero-order valence-corrected chi connectivity index (χ0v) is 25.4. The molecule has 1 saturated heterocycles. The first-order valence-electron chi connectivity index (χ1n) is 14.1. The van der Waals surface area contributed by atoms with Crippen molar-refractivity contribution in [3.8, 4) is 22.9 Å². The normalized spacial score (nSPS) is 15.8. The van der Waals surface area contributed by atoms with Gasteiger partial charge in [-0.2, -0.15) is 0 Å². The van der Waals surface area contributed by atoms with E-state index in [0.29, 0.717) is 41.4 Å². The molecule has 1 aliphatic rings. The highest BCUT2D eigenvalue weighted by Crippen LogP contribution is 2.40. The average molecular weight is 635 g/mol. The van der Waals surface area contributed by atoms with Crippen LogP contribution in [0.25, 0.3) is 22.3 Å². The number of benzene rings is 2. The van der Waals surface area contributed by atoms with Gasteiger partial charge in [-0.05, 0) is 42.0 Å². The van der Waals surface area contributed by atoms with E-state index >= 15 is 8.78 Å². The van der Waals surface area contributed by atoms with Crippen LogP contribution in [-0.2, 0) is 17.8 Å². The summed E-state index contributed by atoms with van der Waals surface area (Å²) < 4.78 is 50.1. The number of carbonyl (C=O) groups is 1. The minimum atomic E-state index is -1.07. The van der Waals surface area contributed by atoms with E-state index in [9.17, 15) is 9.90 Å². The number of hydrogen-bond donors (Lipinski definition) is 1. The zero-order chi connectivity index (χ0) is 31.9. The van der Waals surface area contributed by atoms with E-state index in [1.165, 1.54) is 19.4 Å². The van der Waals surface area contributed by atoms with E-state index in [4.69, 9.17) is 30.8 Å². The monoisotopic (exact) mass is 634 g/mol. The fraction of sp³-hybridized carbons (Fsp3) is 0.273. The summed E-state index contributed by atoms with van der Waals surface area (Å²) in [6, 6.07) is 13.1. The van der Waals surface area contributed by atoms with Crippen LogP contribution in [0.4, 0.5) is 8.78 Å². The van der Waals surface area contributed by atoms with E-state index in [1.807, 2.05) is 18.4 Å². The molecule has 0 aliphatic carbocycles. The summed E-state index contributed by atoms with van der Waals surface area (Å²) >= 11 is 5.93.